The van der Waals surface area contributed by atoms with Crippen molar-refractivity contribution in [1.82, 2.24) is 15.1 Å². The van der Waals surface area contributed by atoms with Crippen LogP contribution in [0, 0.1) is 12.7 Å². The molecule has 1 heterocycles. The van der Waals surface area contributed by atoms with E-state index in [2.05, 4.69) is 31.2 Å². The molecule has 0 fully saturated rings. The quantitative estimate of drug-likeness (QED) is 0.927. The van der Waals surface area contributed by atoms with Gasteiger partial charge in [0.25, 0.3) is 0 Å². The average molecular weight is 310 g/mol. The SMILES string of the molecule is Cc1c(Cl)cnn1Cc1cc(CNC(C)(C)C)ccc1F. The first kappa shape index (κ1) is 16.0. The number of aromatic nitrogens is 2. The van der Waals surface area contributed by atoms with E-state index in [1.165, 1.54) is 6.07 Å². The van der Waals surface area contributed by atoms with Crippen LogP contribution in [-0.4, -0.2) is 15.3 Å². The van der Waals surface area contributed by atoms with E-state index in [1.807, 2.05) is 13.0 Å². The Balaban J connectivity index is 2.17. The molecular weight excluding hydrogens is 289 g/mol. The second kappa shape index (κ2) is 6.16. The summed E-state index contributed by atoms with van der Waals surface area (Å²) < 4.78 is 15.7. The van der Waals surface area contributed by atoms with Crippen molar-refractivity contribution in [1.29, 1.82) is 0 Å². The lowest BCUT2D eigenvalue weighted by atomic mass is 10.1. The molecule has 21 heavy (non-hydrogen) atoms. The minimum atomic E-state index is -0.222. The summed E-state index contributed by atoms with van der Waals surface area (Å²) in [4.78, 5) is 0. The van der Waals surface area contributed by atoms with Crippen LogP contribution in [0.15, 0.2) is 24.4 Å². The monoisotopic (exact) mass is 309 g/mol. The zero-order valence-corrected chi connectivity index (χ0v) is 13.6. The van der Waals surface area contributed by atoms with E-state index in [9.17, 15) is 4.39 Å². The van der Waals surface area contributed by atoms with Gasteiger partial charge in [-0.15, -0.1) is 0 Å². The van der Waals surface area contributed by atoms with Crippen LogP contribution < -0.4 is 5.32 Å². The van der Waals surface area contributed by atoms with Gasteiger partial charge in [-0.3, -0.25) is 4.68 Å². The third-order valence-corrected chi connectivity index (χ3v) is 3.67. The lowest BCUT2D eigenvalue weighted by molar-refractivity contribution is 0.424. The fourth-order valence-corrected chi connectivity index (χ4v) is 2.11. The fraction of sp³-hybridized carbons (Fsp3) is 0.438. The molecule has 0 unspecified atom stereocenters. The van der Waals surface area contributed by atoms with Crippen molar-refractivity contribution in [2.45, 2.75) is 46.3 Å². The van der Waals surface area contributed by atoms with Crippen LogP contribution in [0.4, 0.5) is 4.39 Å². The van der Waals surface area contributed by atoms with Gasteiger partial charge < -0.3 is 5.32 Å². The standard InChI is InChI=1S/C16H21ClFN3/c1-11-14(17)9-20-21(11)10-13-7-12(5-6-15(13)18)8-19-16(2,3)4/h5-7,9,19H,8,10H2,1-4H3. The number of hydrogen-bond acceptors (Lipinski definition) is 2. The molecule has 2 aromatic rings. The van der Waals surface area contributed by atoms with Gasteiger partial charge in [-0.2, -0.15) is 5.10 Å². The van der Waals surface area contributed by atoms with Gasteiger partial charge >= 0.3 is 0 Å². The van der Waals surface area contributed by atoms with Crippen molar-refractivity contribution < 1.29 is 4.39 Å². The third kappa shape index (κ3) is 4.29. The van der Waals surface area contributed by atoms with Crippen LogP contribution in [0.25, 0.3) is 0 Å². The summed E-state index contributed by atoms with van der Waals surface area (Å²) in [6.07, 6.45) is 1.58. The Bertz CT molecular complexity index is 629. The van der Waals surface area contributed by atoms with E-state index in [4.69, 9.17) is 11.6 Å². The van der Waals surface area contributed by atoms with Crippen LogP contribution in [-0.2, 0) is 13.1 Å². The first-order valence-corrected chi connectivity index (χ1v) is 7.34. The number of halogens is 2. The summed E-state index contributed by atoms with van der Waals surface area (Å²) in [6, 6.07) is 5.19. The van der Waals surface area contributed by atoms with Gasteiger partial charge in [0, 0.05) is 17.6 Å². The Morgan fingerprint density at radius 1 is 1.33 bits per heavy atom. The molecule has 114 valence electrons. The lowest BCUT2D eigenvalue weighted by Gasteiger charge is -2.20. The molecule has 0 aliphatic carbocycles. The number of nitrogens with one attached hydrogen (secondary N) is 1. The summed E-state index contributed by atoms with van der Waals surface area (Å²) in [5, 5.41) is 8.17. The molecule has 1 N–H and O–H groups in total. The zero-order chi connectivity index (χ0) is 15.6. The normalized spacial score (nSPS) is 11.9. The van der Waals surface area contributed by atoms with Crippen molar-refractivity contribution in [2.75, 3.05) is 0 Å². The number of nitrogens with zero attached hydrogens (tertiary/aromatic N) is 2. The highest BCUT2D eigenvalue weighted by Gasteiger charge is 2.11. The molecule has 0 amide bonds. The highest BCUT2D eigenvalue weighted by molar-refractivity contribution is 6.31. The van der Waals surface area contributed by atoms with Gasteiger partial charge in [-0.1, -0.05) is 17.7 Å². The minimum Gasteiger partial charge on any atom is -0.308 e. The second-order valence-electron chi connectivity index (χ2n) is 6.26. The molecule has 0 saturated heterocycles. The first-order valence-electron chi connectivity index (χ1n) is 6.96. The molecule has 0 atom stereocenters. The molecular formula is C16H21ClFN3. The topological polar surface area (TPSA) is 29.9 Å². The Morgan fingerprint density at radius 2 is 2.05 bits per heavy atom. The van der Waals surface area contributed by atoms with Gasteiger partial charge in [0.05, 0.1) is 23.5 Å². The maximum Gasteiger partial charge on any atom is 0.128 e. The van der Waals surface area contributed by atoms with Crippen LogP contribution in [0.5, 0.6) is 0 Å². The number of rotatable bonds is 4. The molecule has 3 nitrogen and oxygen atoms in total. The minimum absolute atomic E-state index is 0.0284. The summed E-state index contributed by atoms with van der Waals surface area (Å²) in [5.41, 5.74) is 2.54. The molecule has 0 aliphatic rings. The molecule has 1 aromatic heterocycles. The Morgan fingerprint density at radius 3 is 2.62 bits per heavy atom. The molecule has 0 saturated carbocycles. The highest BCUT2D eigenvalue weighted by Crippen LogP contribution is 2.17. The molecule has 0 radical (unpaired) electrons. The summed E-state index contributed by atoms with van der Waals surface area (Å²) in [6.45, 7) is 9.27. The highest BCUT2D eigenvalue weighted by atomic mass is 35.5. The molecule has 0 bridgehead atoms. The predicted octanol–water partition coefficient (Wildman–Crippen LogP) is 3.92. The van der Waals surface area contributed by atoms with Crippen LogP contribution >= 0.6 is 11.6 Å². The third-order valence-electron chi connectivity index (χ3n) is 3.30. The Kier molecular flexibility index (Phi) is 4.69. The molecule has 0 spiro atoms. The van der Waals surface area contributed by atoms with Crippen molar-refractivity contribution in [2.24, 2.45) is 0 Å². The maximum atomic E-state index is 14.0. The molecule has 2 rings (SSSR count). The van der Waals surface area contributed by atoms with Gasteiger partial charge in [-0.05, 0) is 45.4 Å². The molecule has 5 heteroatoms. The van der Waals surface area contributed by atoms with Crippen LogP contribution in [0.2, 0.25) is 5.02 Å². The fourth-order valence-electron chi connectivity index (χ4n) is 1.97. The van der Waals surface area contributed by atoms with Crippen molar-refractivity contribution >= 4 is 11.6 Å². The largest absolute Gasteiger partial charge is 0.308 e. The zero-order valence-electron chi connectivity index (χ0n) is 12.9. The van der Waals surface area contributed by atoms with E-state index in [0.717, 1.165) is 11.3 Å². The van der Waals surface area contributed by atoms with Crippen molar-refractivity contribution in [3.8, 4) is 0 Å². The predicted molar refractivity (Wildman–Crippen MR) is 84.1 cm³/mol. The summed E-state index contributed by atoms with van der Waals surface area (Å²) in [5.74, 6) is -0.222. The Labute approximate surface area is 130 Å². The van der Waals surface area contributed by atoms with Crippen LogP contribution in [0.3, 0.4) is 0 Å². The second-order valence-corrected chi connectivity index (χ2v) is 6.67. The average Bonchev–Trinajstić information content (AvgIpc) is 2.71. The van der Waals surface area contributed by atoms with Crippen molar-refractivity contribution in [3.63, 3.8) is 0 Å². The van der Waals surface area contributed by atoms with Gasteiger partial charge in [0.1, 0.15) is 5.82 Å². The molecule has 0 aliphatic heterocycles. The van der Waals surface area contributed by atoms with Crippen molar-refractivity contribution in [3.05, 3.63) is 52.1 Å². The van der Waals surface area contributed by atoms with Gasteiger partial charge in [-0.25, -0.2) is 4.39 Å². The number of hydrogen-bond donors (Lipinski definition) is 1. The van der Waals surface area contributed by atoms with E-state index < -0.39 is 0 Å². The van der Waals surface area contributed by atoms with E-state index in [1.54, 1.807) is 16.9 Å². The summed E-state index contributed by atoms with van der Waals surface area (Å²) in [7, 11) is 0. The first-order chi connectivity index (χ1) is 9.76. The van der Waals surface area contributed by atoms with Gasteiger partial charge in [0.15, 0.2) is 0 Å². The Hall–Kier alpha value is -1.39. The van der Waals surface area contributed by atoms with E-state index in [0.29, 0.717) is 23.7 Å². The maximum absolute atomic E-state index is 14.0. The van der Waals surface area contributed by atoms with E-state index >= 15 is 0 Å². The summed E-state index contributed by atoms with van der Waals surface area (Å²) >= 11 is 5.98. The van der Waals surface area contributed by atoms with E-state index in [-0.39, 0.29) is 11.4 Å². The number of benzene rings is 1. The smallest absolute Gasteiger partial charge is 0.128 e. The lowest BCUT2D eigenvalue weighted by Crippen LogP contribution is -2.35. The van der Waals surface area contributed by atoms with Gasteiger partial charge in [0.2, 0.25) is 0 Å². The molecule has 1 aromatic carbocycles. The van der Waals surface area contributed by atoms with Crippen LogP contribution in [0.1, 0.15) is 37.6 Å².